The van der Waals surface area contributed by atoms with Gasteiger partial charge in [-0.25, -0.2) is 13.1 Å². The fourth-order valence-electron chi connectivity index (χ4n) is 2.41. The summed E-state index contributed by atoms with van der Waals surface area (Å²) in [6, 6.07) is 0.542. The fraction of sp³-hybridized carbons (Fsp3) is 0.769. The molecule has 112 valence electrons. The normalized spacial score (nSPS) is 24.8. The zero-order chi connectivity index (χ0) is 14.4. The van der Waals surface area contributed by atoms with Crippen molar-refractivity contribution in [2.75, 3.05) is 6.54 Å². The molecule has 0 saturated heterocycles. The first kappa shape index (κ1) is 14.0. The van der Waals surface area contributed by atoms with E-state index in [-0.39, 0.29) is 10.4 Å². The minimum atomic E-state index is -3.49. The van der Waals surface area contributed by atoms with E-state index in [2.05, 4.69) is 34.1 Å². The van der Waals surface area contributed by atoms with Gasteiger partial charge in [-0.15, -0.1) is 0 Å². The van der Waals surface area contributed by atoms with E-state index in [0.29, 0.717) is 30.6 Å². The highest BCUT2D eigenvalue weighted by Crippen LogP contribution is 2.51. The maximum atomic E-state index is 12.3. The molecule has 3 N–H and O–H groups in total. The Hall–Kier alpha value is -0.920. The van der Waals surface area contributed by atoms with Gasteiger partial charge in [0, 0.05) is 24.7 Å². The van der Waals surface area contributed by atoms with Crippen LogP contribution in [0, 0.1) is 11.3 Å². The van der Waals surface area contributed by atoms with Gasteiger partial charge in [-0.05, 0) is 30.6 Å². The van der Waals surface area contributed by atoms with Crippen LogP contribution in [-0.2, 0) is 16.6 Å². The Labute approximate surface area is 119 Å². The number of nitrogens with zero attached hydrogens (tertiary/aromatic N) is 1. The van der Waals surface area contributed by atoms with Crippen molar-refractivity contribution in [3.05, 3.63) is 11.8 Å². The first-order valence-electron chi connectivity index (χ1n) is 7.14. The number of aromatic amines is 1. The number of H-pyrrole nitrogens is 1. The van der Waals surface area contributed by atoms with E-state index in [4.69, 9.17) is 0 Å². The minimum absolute atomic E-state index is 0.198. The quantitative estimate of drug-likeness (QED) is 0.700. The van der Waals surface area contributed by atoms with E-state index in [9.17, 15) is 8.42 Å². The van der Waals surface area contributed by atoms with Crippen molar-refractivity contribution >= 4 is 10.0 Å². The summed E-state index contributed by atoms with van der Waals surface area (Å²) >= 11 is 0. The van der Waals surface area contributed by atoms with Gasteiger partial charge in [-0.1, -0.05) is 13.8 Å². The van der Waals surface area contributed by atoms with Crippen molar-refractivity contribution < 1.29 is 8.42 Å². The second-order valence-electron chi connectivity index (χ2n) is 6.62. The van der Waals surface area contributed by atoms with Crippen molar-refractivity contribution in [2.45, 2.75) is 50.7 Å². The summed E-state index contributed by atoms with van der Waals surface area (Å²) in [6.07, 6.45) is 5.02. The second kappa shape index (κ2) is 4.82. The van der Waals surface area contributed by atoms with Crippen LogP contribution < -0.4 is 10.0 Å². The summed E-state index contributed by atoms with van der Waals surface area (Å²) < 4.78 is 27.3. The number of hydrogen-bond donors (Lipinski definition) is 3. The van der Waals surface area contributed by atoms with E-state index < -0.39 is 10.0 Å². The molecule has 1 heterocycles. The molecule has 1 aromatic rings. The van der Waals surface area contributed by atoms with Crippen molar-refractivity contribution in [1.29, 1.82) is 0 Å². The molecular weight excluding hydrogens is 276 g/mol. The van der Waals surface area contributed by atoms with E-state index in [0.717, 1.165) is 6.42 Å². The Morgan fingerprint density at radius 2 is 2.15 bits per heavy atom. The van der Waals surface area contributed by atoms with Crippen molar-refractivity contribution in [1.82, 2.24) is 20.2 Å². The summed E-state index contributed by atoms with van der Waals surface area (Å²) in [7, 11) is -3.49. The molecule has 0 spiro atoms. The molecule has 2 aliphatic rings. The van der Waals surface area contributed by atoms with Gasteiger partial charge < -0.3 is 5.32 Å². The largest absolute Gasteiger partial charge is 0.310 e. The predicted octanol–water partition coefficient (Wildman–Crippen LogP) is 0.986. The Morgan fingerprint density at radius 1 is 1.45 bits per heavy atom. The molecule has 1 aromatic heterocycles. The van der Waals surface area contributed by atoms with Crippen molar-refractivity contribution in [3.8, 4) is 0 Å². The lowest BCUT2D eigenvalue weighted by atomic mass is 10.1. The minimum Gasteiger partial charge on any atom is -0.310 e. The molecule has 0 bridgehead atoms. The molecule has 0 radical (unpaired) electrons. The van der Waals surface area contributed by atoms with Crippen LogP contribution in [-0.4, -0.2) is 31.2 Å². The smallest absolute Gasteiger partial charge is 0.257 e. The van der Waals surface area contributed by atoms with Crippen LogP contribution in [0.3, 0.4) is 0 Å². The molecule has 3 rings (SSSR count). The molecule has 0 aromatic carbocycles. The molecule has 20 heavy (non-hydrogen) atoms. The molecule has 0 amide bonds. The molecule has 0 aliphatic heterocycles. The van der Waals surface area contributed by atoms with Crippen LogP contribution in [0.1, 0.15) is 38.7 Å². The van der Waals surface area contributed by atoms with Gasteiger partial charge in [0.1, 0.15) is 0 Å². The van der Waals surface area contributed by atoms with E-state index in [1.165, 1.54) is 12.8 Å². The summed E-state index contributed by atoms with van der Waals surface area (Å²) in [5.41, 5.74) is 0.979. The maximum Gasteiger partial charge on any atom is 0.257 e. The van der Waals surface area contributed by atoms with Crippen LogP contribution in [0.2, 0.25) is 0 Å². The third kappa shape index (κ3) is 3.05. The SMILES string of the molecule is CC1(C)CC1CNS(=O)(=O)c1[nH]ncc1CNC1CC1. The average molecular weight is 298 g/mol. The lowest BCUT2D eigenvalue weighted by Gasteiger charge is -2.08. The van der Waals surface area contributed by atoms with Crippen LogP contribution in [0.4, 0.5) is 0 Å². The first-order chi connectivity index (χ1) is 9.38. The Morgan fingerprint density at radius 3 is 2.75 bits per heavy atom. The van der Waals surface area contributed by atoms with Crippen LogP contribution in [0.5, 0.6) is 0 Å². The van der Waals surface area contributed by atoms with Crippen molar-refractivity contribution in [3.63, 3.8) is 0 Å². The van der Waals surface area contributed by atoms with Gasteiger partial charge in [0.15, 0.2) is 5.03 Å². The number of sulfonamides is 1. The third-order valence-electron chi connectivity index (χ3n) is 4.34. The van der Waals surface area contributed by atoms with Crippen molar-refractivity contribution in [2.24, 2.45) is 11.3 Å². The predicted molar refractivity (Wildman–Crippen MR) is 75.5 cm³/mol. The lowest BCUT2D eigenvalue weighted by Crippen LogP contribution is -2.28. The zero-order valence-electron chi connectivity index (χ0n) is 11.9. The second-order valence-corrected chi connectivity index (χ2v) is 8.32. The maximum absolute atomic E-state index is 12.3. The third-order valence-corrected chi connectivity index (χ3v) is 5.78. The van der Waals surface area contributed by atoms with Gasteiger partial charge >= 0.3 is 0 Å². The highest BCUT2D eigenvalue weighted by atomic mass is 32.2. The van der Waals surface area contributed by atoms with E-state index in [1.807, 2.05) is 0 Å². The summed E-state index contributed by atoms with van der Waals surface area (Å²) in [5.74, 6) is 0.438. The number of aromatic nitrogens is 2. The Kier molecular flexibility index (Phi) is 3.38. The van der Waals surface area contributed by atoms with Crippen LogP contribution in [0.15, 0.2) is 11.2 Å². The van der Waals surface area contributed by atoms with Crippen LogP contribution >= 0.6 is 0 Å². The number of hydrogen-bond acceptors (Lipinski definition) is 4. The average Bonchev–Trinajstić information content (AvgIpc) is 3.24. The highest BCUT2D eigenvalue weighted by Gasteiger charge is 2.45. The van der Waals surface area contributed by atoms with Gasteiger partial charge in [0.2, 0.25) is 0 Å². The summed E-state index contributed by atoms with van der Waals surface area (Å²) in [5, 5.41) is 10.00. The molecule has 2 saturated carbocycles. The van der Waals surface area contributed by atoms with E-state index >= 15 is 0 Å². The zero-order valence-corrected chi connectivity index (χ0v) is 12.8. The van der Waals surface area contributed by atoms with Gasteiger partial charge in [-0.3, -0.25) is 5.10 Å². The van der Waals surface area contributed by atoms with E-state index in [1.54, 1.807) is 6.20 Å². The molecular formula is C13H22N4O2S. The van der Waals surface area contributed by atoms with Gasteiger partial charge in [-0.2, -0.15) is 5.10 Å². The summed E-state index contributed by atoms with van der Waals surface area (Å²) in [4.78, 5) is 0. The first-order valence-corrected chi connectivity index (χ1v) is 8.62. The monoisotopic (exact) mass is 298 g/mol. The molecule has 6 nitrogen and oxygen atoms in total. The fourth-order valence-corrected chi connectivity index (χ4v) is 3.61. The Bertz CT molecular complexity index is 589. The molecule has 2 aliphatic carbocycles. The van der Waals surface area contributed by atoms with Gasteiger partial charge in [0.05, 0.1) is 6.20 Å². The Balaban J connectivity index is 1.62. The highest BCUT2D eigenvalue weighted by molar-refractivity contribution is 7.89. The van der Waals surface area contributed by atoms with Crippen LogP contribution in [0.25, 0.3) is 0 Å². The molecule has 1 atom stereocenters. The summed E-state index contributed by atoms with van der Waals surface area (Å²) in [6.45, 7) is 5.37. The molecule has 2 fully saturated rings. The molecule has 1 unspecified atom stereocenters. The molecule has 7 heteroatoms. The standard InChI is InChI=1S/C13H22N4O2S/c1-13(2)5-10(13)8-16-20(18,19)12-9(7-15-17-12)6-14-11-3-4-11/h7,10-11,14,16H,3-6,8H2,1-2H3,(H,15,17). The topological polar surface area (TPSA) is 86.9 Å². The lowest BCUT2D eigenvalue weighted by molar-refractivity contribution is 0.535. The number of nitrogens with one attached hydrogen (secondary N) is 3. The number of rotatable bonds is 7. The van der Waals surface area contributed by atoms with Gasteiger partial charge in [0.25, 0.3) is 10.0 Å².